The largest absolute Gasteiger partial charge is 0.347 e. The molecule has 0 unspecified atom stereocenters. The van der Waals surface area contributed by atoms with E-state index in [1.807, 2.05) is 13.8 Å². The zero-order valence-corrected chi connectivity index (χ0v) is 11.4. The van der Waals surface area contributed by atoms with Crippen LogP contribution in [-0.4, -0.2) is 27.4 Å². The highest BCUT2D eigenvalue weighted by Crippen LogP contribution is 2.08. The molecule has 0 aliphatic heterocycles. The van der Waals surface area contributed by atoms with Crippen molar-refractivity contribution in [2.24, 2.45) is 13.0 Å². The lowest BCUT2D eigenvalue weighted by molar-refractivity contribution is -0.118. The molecule has 2 amide bonds. The molecule has 100 valence electrons. The van der Waals surface area contributed by atoms with Crippen LogP contribution >= 0.6 is 0 Å². The third-order valence-electron chi connectivity index (χ3n) is 2.27. The normalized spacial score (nSPS) is 10.8. The number of carbonyl (C=O) groups is 2. The molecular formula is C12H20N4O2. The highest BCUT2D eigenvalue weighted by molar-refractivity contribution is 5.94. The van der Waals surface area contributed by atoms with Gasteiger partial charge in [-0.05, 0) is 13.8 Å². The number of rotatable bonds is 4. The van der Waals surface area contributed by atoms with E-state index < -0.39 is 0 Å². The molecule has 6 nitrogen and oxygen atoms in total. The van der Waals surface area contributed by atoms with Crippen molar-refractivity contribution in [2.75, 3.05) is 5.32 Å². The fourth-order valence-electron chi connectivity index (χ4n) is 1.33. The Morgan fingerprint density at radius 3 is 2.39 bits per heavy atom. The molecule has 0 aliphatic carbocycles. The minimum atomic E-state index is -0.252. The van der Waals surface area contributed by atoms with Gasteiger partial charge in [-0.2, -0.15) is 0 Å². The standard InChI is InChI=1S/C12H20N4O2/c1-7(2)11(17)15-9-6-16(5)10(14-9)12(18)13-8(3)4/h6-8H,1-5H3,(H,13,18)(H,15,17). The van der Waals surface area contributed by atoms with E-state index in [-0.39, 0.29) is 29.6 Å². The summed E-state index contributed by atoms with van der Waals surface area (Å²) in [5, 5.41) is 5.41. The molecule has 0 spiro atoms. The molecule has 0 saturated heterocycles. The number of amides is 2. The van der Waals surface area contributed by atoms with Gasteiger partial charge in [0.05, 0.1) is 0 Å². The number of nitrogens with zero attached hydrogens (tertiary/aromatic N) is 2. The third-order valence-corrected chi connectivity index (χ3v) is 2.27. The Morgan fingerprint density at radius 1 is 1.28 bits per heavy atom. The number of anilines is 1. The monoisotopic (exact) mass is 252 g/mol. The first-order chi connectivity index (χ1) is 8.31. The SMILES string of the molecule is CC(C)NC(=O)c1nc(NC(=O)C(C)C)cn1C. The molecule has 1 rings (SSSR count). The van der Waals surface area contributed by atoms with Gasteiger partial charge >= 0.3 is 0 Å². The first-order valence-electron chi connectivity index (χ1n) is 5.96. The predicted molar refractivity (Wildman–Crippen MR) is 69.3 cm³/mol. The average molecular weight is 252 g/mol. The van der Waals surface area contributed by atoms with E-state index in [2.05, 4.69) is 15.6 Å². The van der Waals surface area contributed by atoms with Gasteiger partial charge in [0.1, 0.15) is 0 Å². The summed E-state index contributed by atoms with van der Waals surface area (Å²) in [7, 11) is 1.72. The van der Waals surface area contributed by atoms with E-state index in [0.29, 0.717) is 5.82 Å². The van der Waals surface area contributed by atoms with Gasteiger partial charge in [0.25, 0.3) is 5.91 Å². The summed E-state index contributed by atoms with van der Waals surface area (Å²) < 4.78 is 1.59. The van der Waals surface area contributed by atoms with Crippen LogP contribution < -0.4 is 10.6 Å². The number of carbonyl (C=O) groups excluding carboxylic acids is 2. The van der Waals surface area contributed by atoms with Crippen LogP contribution in [0.2, 0.25) is 0 Å². The summed E-state index contributed by atoms with van der Waals surface area (Å²) >= 11 is 0. The molecule has 1 heterocycles. The third kappa shape index (κ3) is 3.58. The van der Waals surface area contributed by atoms with Gasteiger partial charge in [0, 0.05) is 25.2 Å². The lowest BCUT2D eigenvalue weighted by atomic mass is 10.2. The number of aromatic nitrogens is 2. The van der Waals surface area contributed by atoms with Gasteiger partial charge in [0.15, 0.2) is 5.82 Å². The van der Waals surface area contributed by atoms with Gasteiger partial charge in [-0.1, -0.05) is 13.8 Å². The molecule has 0 saturated carbocycles. The molecule has 0 aliphatic rings. The number of imidazole rings is 1. The molecule has 1 aromatic heterocycles. The minimum Gasteiger partial charge on any atom is -0.347 e. The summed E-state index contributed by atoms with van der Waals surface area (Å²) in [5.41, 5.74) is 0. The molecule has 1 aromatic rings. The Hall–Kier alpha value is -1.85. The van der Waals surface area contributed by atoms with Crippen LogP contribution in [0, 0.1) is 5.92 Å². The fraction of sp³-hybridized carbons (Fsp3) is 0.583. The van der Waals surface area contributed by atoms with Crippen LogP contribution in [-0.2, 0) is 11.8 Å². The summed E-state index contributed by atoms with van der Waals surface area (Å²) in [6, 6.07) is 0.0444. The van der Waals surface area contributed by atoms with Crippen LogP contribution in [0.25, 0.3) is 0 Å². The average Bonchev–Trinajstić information content (AvgIpc) is 2.58. The smallest absolute Gasteiger partial charge is 0.287 e. The molecule has 0 fully saturated rings. The minimum absolute atomic E-state index is 0.0444. The zero-order chi connectivity index (χ0) is 13.9. The zero-order valence-electron chi connectivity index (χ0n) is 11.4. The van der Waals surface area contributed by atoms with Gasteiger partial charge in [0.2, 0.25) is 11.7 Å². The van der Waals surface area contributed by atoms with Crippen LogP contribution in [0.4, 0.5) is 5.82 Å². The number of hydrogen-bond donors (Lipinski definition) is 2. The maximum atomic E-state index is 11.8. The highest BCUT2D eigenvalue weighted by Gasteiger charge is 2.16. The number of aryl methyl sites for hydroxylation is 1. The van der Waals surface area contributed by atoms with E-state index in [1.165, 1.54) is 0 Å². The van der Waals surface area contributed by atoms with E-state index >= 15 is 0 Å². The van der Waals surface area contributed by atoms with Crippen LogP contribution in [0.1, 0.15) is 38.3 Å². The van der Waals surface area contributed by atoms with Crippen LogP contribution in [0.5, 0.6) is 0 Å². The van der Waals surface area contributed by atoms with Crippen molar-refractivity contribution in [1.82, 2.24) is 14.9 Å². The van der Waals surface area contributed by atoms with Crippen LogP contribution in [0.3, 0.4) is 0 Å². The van der Waals surface area contributed by atoms with Crippen molar-refractivity contribution in [1.29, 1.82) is 0 Å². The molecule has 0 radical (unpaired) electrons. The first kappa shape index (κ1) is 14.2. The van der Waals surface area contributed by atoms with Gasteiger partial charge < -0.3 is 15.2 Å². The van der Waals surface area contributed by atoms with E-state index in [4.69, 9.17) is 0 Å². The Balaban J connectivity index is 2.82. The second kappa shape index (κ2) is 5.66. The quantitative estimate of drug-likeness (QED) is 0.844. The fourth-order valence-corrected chi connectivity index (χ4v) is 1.33. The molecule has 6 heteroatoms. The molecule has 2 N–H and O–H groups in total. The Morgan fingerprint density at radius 2 is 1.89 bits per heavy atom. The van der Waals surface area contributed by atoms with E-state index in [1.54, 1.807) is 31.7 Å². The van der Waals surface area contributed by atoms with E-state index in [0.717, 1.165) is 0 Å². The Bertz CT molecular complexity index is 449. The van der Waals surface area contributed by atoms with Crippen molar-refractivity contribution in [3.8, 4) is 0 Å². The van der Waals surface area contributed by atoms with Crippen molar-refractivity contribution in [2.45, 2.75) is 33.7 Å². The number of nitrogens with one attached hydrogen (secondary N) is 2. The van der Waals surface area contributed by atoms with Crippen molar-refractivity contribution in [3.05, 3.63) is 12.0 Å². The maximum Gasteiger partial charge on any atom is 0.287 e. The van der Waals surface area contributed by atoms with Gasteiger partial charge in [-0.15, -0.1) is 0 Å². The summed E-state index contributed by atoms with van der Waals surface area (Å²) in [6.07, 6.45) is 1.62. The Labute approximate surface area is 107 Å². The first-order valence-corrected chi connectivity index (χ1v) is 5.96. The van der Waals surface area contributed by atoms with Crippen molar-refractivity contribution < 1.29 is 9.59 Å². The molecular weight excluding hydrogens is 232 g/mol. The summed E-state index contributed by atoms with van der Waals surface area (Å²) in [5.74, 6) is 0.175. The summed E-state index contributed by atoms with van der Waals surface area (Å²) in [4.78, 5) is 27.4. The van der Waals surface area contributed by atoms with Crippen molar-refractivity contribution in [3.63, 3.8) is 0 Å². The van der Waals surface area contributed by atoms with Gasteiger partial charge in [-0.25, -0.2) is 4.98 Å². The summed E-state index contributed by atoms with van der Waals surface area (Å²) in [6.45, 7) is 7.35. The lowest BCUT2D eigenvalue weighted by Gasteiger charge is -2.07. The molecule has 0 atom stereocenters. The van der Waals surface area contributed by atoms with Crippen molar-refractivity contribution >= 4 is 17.6 Å². The number of hydrogen-bond acceptors (Lipinski definition) is 3. The maximum absolute atomic E-state index is 11.8. The lowest BCUT2D eigenvalue weighted by Crippen LogP contribution is -2.32. The van der Waals surface area contributed by atoms with E-state index in [9.17, 15) is 9.59 Å². The predicted octanol–water partition coefficient (Wildman–Crippen LogP) is 1.15. The van der Waals surface area contributed by atoms with Gasteiger partial charge in [-0.3, -0.25) is 9.59 Å². The topological polar surface area (TPSA) is 76.0 Å². The molecule has 0 aromatic carbocycles. The highest BCUT2D eigenvalue weighted by atomic mass is 16.2. The Kier molecular flexibility index (Phi) is 4.47. The molecule has 18 heavy (non-hydrogen) atoms. The molecule has 0 bridgehead atoms. The second-order valence-electron chi connectivity index (χ2n) is 4.83. The van der Waals surface area contributed by atoms with Crippen LogP contribution in [0.15, 0.2) is 6.20 Å². The second-order valence-corrected chi connectivity index (χ2v) is 4.83.